The lowest BCUT2D eigenvalue weighted by atomic mass is 10.1. The molecular weight excluding hydrogens is 613 g/mol. The Labute approximate surface area is 290 Å². The van der Waals surface area contributed by atoms with Gasteiger partial charge in [0.05, 0.1) is 34.4 Å². The van der Waals surface area contributed by atoms with Gasteiger partial charge in [0.2, 0.25) is 0 Å². The summed E-state index contributed by atoms with van der Waals surface area (Å²) < 4.78 is 34.4. The maximum absolute atomic E-state index is 12.6. The number of quaternary nitrogens is 1. The van der Waals surface area contributed by atoms with E-state index in [2.05, 4.69) is 38.2 Å². The van der Waals surface area contributed by atoms with Gasteiger partial charge in [-0.05, 0) is 64.2 Å². The molecule has 0 aromatic heterocycles. The summed E-state index contributed by atoms with van der Waals surface area (Å²) in [6, 6.07) is 0. The van der Waals surface area contributed by atoms with E-state index >= 15 is 0 Å². The van der Waals surface area contributed by atoms with Gasteiger partial charge in [-0.25, -0.2) is 0 Å². The molecule has 0 aliphatic rings. The number of phosphoric ester groups is 1. The van der Waals surface area contributed by atoms with Crippen LogP contribution in [0.25, 0.3) is 0 Å². The van der Waals surface area contributed by atoms with Crippen molar-refractivity contribution in [2.45, 2.75) is 161 Å². The average molecular weight is 688 g/mol. The molecule has 0 aliphatic carbocycles. The summed E-state index contributed by atoms with van der Waals surface area (Å²) in [6.45, 7) is 5.33. The minimum Gasteiger partial charge on any atom is -0.756 e. The lowest BCUT2D eigenvalue weighted by molar-refractivity contribution is -0.870. The van der Waals surface area contributed by atoms with Crippen LogP contribution < -0.4 is 4.89 Å². The number of carbonyl (C=O) groups excluding carboxylic acids is 1. The first-order chi connectivity index (χ1) is 22.6. The zero-order chi connectivity index (χ0) is 34.9. The number of carbonyl (C=O) groups is 1. The van der Waals surface area contributed by atoms with E-state index in [1.54, 1.807) is 0 Å². The second kappa shape index (κ2) is 32.2. The highest BCUT2D eigenvalue weighted by Crippen LogP contribution is 2.38. The lowest BCUT2D eigenvalue weighted by Gasteiger charge is -2.28. The van der Waals surface area contributed by atoms with Gasteiger partial charge in [-0.15, -0.1) is 0 Å². The second-order valence-corrected chi connectivity index (χ2v) is 15.3. The Kier molecular flexibility index (Phi) is 31.5. The van der Waals surface area contributed by atoms with Gasteiger partial charge in [0.1, 0.15) is 19.3 Å². The van der Waals surface area contributed by atoms with Crippen LogP contribution in [0.3, 0.4) is 0 Å². The van der Waals surface area contributed by atoms with Crippen LogP contribution in [-0.2, 0) is 27.9 Å². The summed E-state index contributed by atoms with van der Waals surface area (Å²) in [5.41, 5.74) is 0. The summed E-state index contributed by atoms with van der Waals surface area (Å²) in [5.74, 6) is -0.348. The Hall–Kier alpha value is -1.02. The lowest BCUT2D eigenvalue weighted by Crippen LogP contribution is -2.37. The maximum atomic E-state index is 12.6. The molecular formula is C38H74NO7P. The molecule has 0 rings (SSSR count). The number of ether oxygens (including phenoxy) is 2. The number of likely N-dealkylation sites (N-methyl/N-ethyl adjacent to an activating group) is 1. The van der Waals surface area contributed by atoms with E-state index in [0.29, 0.717) is 24.1 Å². The van der Waals surface area contributed by atoms with Gasteiger partial charge in [-0.2, -0.15) is 0 Å². The van der Waals surface area contributed by atoms with Crippen molar-refractivity contribution in [1.82, 2.24) is 0 Å². The molecule has 0 radical (unpaired) electrons. The number of phosphoric acid groups is 1. The smallest absolute Gasteiger partial charge is 0.306 e. The Morgan fingerprint density at radius 1 is 0.638 bits per heavy atom. The van der Waals surface area contributed by atoms with Crippen molar-refractivity contribution >= 4 is 13.8 Å². The zero-order valence-corrected chi connectivity index (χ0v) is 32.1. The van der Waals surface area contributed by atoms with Crippen LogP contribution >= 0.6 is 7.82 Å². The van der Waals surface area contributed by atoms with Crippen molar-refractivity contribution in [3.63, 3.8) is 0 Å². The molecule has 0 spiro atoms. The third-order valence-corrected chi connectivity index (χ3v) is 8.94. The Morgan fingerprint density at radius 3 is 1.62 bits per heavy atom. The first-order valence-electron chi connectivity index (χ1n) is 19.1. The van der Waals surface area contributed by atoms with Crippen LogP contribution in [-0.4, -0.2) is 70.7 Å². The summed E-state index contributed by atoms with van der Waals surface area (Å²) in [5, 5.41) is 0. The largest absolute Gasteiger partial charge is 0.756 e. The zero-order valence-electron chi connectivity index (χ0n) is 31.2. The summed E-state index contributed by atoms with van der Waals surface area (Å²) in [6.07, 6.45) is 33.2. The van der Waals surface area contributed by atoms with Crippen molar-refractivity contribution < 1.29 is 37.3 Å². The van der Waals surface area contributed by atoms with E-state index in [1.165, 1.54) is 89.9 Å². The van der Waals surface area contributed by atoms with Crippen molar-refractivity contribution in [3.8, 4) is 0 Å². The fraction of sp³-hybridized carbons (Fsp3) is 0.868. The highest BCUT2D eigenvalue weighted by Gasteiger charge is 2.20. The highest BCUT2D eigenvalue weighted by atomic mass is 31.2. The molecule has 278 valence electrons. The fourth-order valence-electron chi connectivity index (χ4n) is 4.94. The number of esters is 1. The second-order valence-electron chi connectivity index (χ2n) is 13.9. The number of unbranched alkanes of at least 4 members (excludes halogenated alkanes) is 17. The van der Waals surface area contributed by atoms with E-state index in [0.717, 1.165) is 44.9 Å². The van der Waals surface area contributed by atoms with Gasteiger partial charge >= 0.3 is 5.97 Å². The molecule has 0 aliphatic heterocycles. The van der Waals surface area contributed by atoms with Crippen LogP contribution in [0.15, 0.2) is 24.3 Å². The summed E-state index contributed by atoms with van der Waals surface area (Å²) in [4.78, 5) is 24.9. The molecule has 47 heavy (non-hydrogen) atoms. The molecule has 0 fully saturated rings. The minimum atomic E-state index is -4.52. The van der Waals surface area contributed by atoms with Crippen LogP contribution in [0.1, 0.15) is 155 Å². The topological polar surface area (TPSA) is 94.1 Å². The van der Waals surface area contributed by atoms with E-state index < -0.39 is 13.9 Å². The Balaban J connectivity index is 4.33. The molecule has 9 heteroatoms. The Bertz CT molecular complexity index is 812. The van der Waals surface area contributed by atoms with Crippen molar-refractivity contribution in [2.24, 2.45) is 0 Å². The molecule has 0 aromatic carbocycles. The molecule has 0 aromatic rings. The van der Waals surface area contributed by atoms with Gasteiger partial charge in [0.25, 0.3) is 7.82 Å². The summed E-state index contributed by atoms with van der Waals surface area (Å²) in [7, 11) is 1.35. The molecule has 0 bridgehead atoms. The van der Waals surface area contributed by atoms with E-state index in [4.69, 9.17) is 18.5 Å². The molecule has 2 atom stereocenters. The van der Waals surface area contributed by atoms with Gasteiger partial charge in [0, 0.05) is 13.0 Å². The van der Waals surface area contributed by atoms with Crippen LogP contribution in [0.2, 0.25) is 0 Å². The predicted molar refractivity (Wildman–Crippen MR) is 194 cm³/mol. The third kappa shape index (κ3) is 36.1. The first kappa shape index (κ1) is 46.0. The Morgan fingerprint density at radius 2 is 1.11 bits per heavy atom. The van der Waals surface area contributed by atoms with Gasteiger partial charge < -0.3 is 27.9 Å². The van der Waals surface area contributed by atoms with Crippen LogP contribution in [0.5, 0.6) is 0 Å². The van der Waals surface area contributed by atoms with Crippen LogP contribution in [0, 0.1) is 0 Å². The SMILES string of the molecule is CCCCC/C=C\CCCCCCCCOCC(COP(=O)([O-])OCC[N+](C)(C)C)OC(=O)CCCCCCC/C=C\CCCCC. The molecule has 8 nitrogen and oxygen atoms in total. The van der Waals surface area contributed by atoms with Gasteiger partial charge in [-0.3, -0.25) is 9.36 Å². The number of allylic oxidation sites excluding steroid dienone is 4. The predicted octanol–water partition coefficient (Wildman–Crippen LogP) is 9.86. The van der Waals surface area contributed by atoms with E-state index in [1.807, 2.05) is 21.1 Å². The monoisotopic (exact) mass is 688 g/mol. The quantitative estimate of drug-likeness (QED) is 0.0215. The standard InChI is InChI=1S/C38H74NO7P/c1-6-8-10-12-14-16-18-20-22-24-26-28-30-33-43-35-37(36-45-47(41,42)44-34-32-39(3,4)5)46-38(40)31-29-27-25-23-21-19-17-15-13-11-9-7-2/h14-17,37H,6-13,18-36H2,1-5H3/b16-14-,17-15-. The highest BCUT2D eigenvalue weighted by molar-refractivity contribution is 7.45. The molecule has 0 saturated carbocycles. The minimum absolute atomic E-state index is 0.0240. The average Bonchev–Trinajstić information content (AvgIpc) is 3.01. The normalized spacial score (nSPS) is 14.3. The maximum Gasteiger partial charge on any atom is 0.306 e. The molecule has 0 heterocycles. The van der Waals surface area contributed by atoms with Crippen molar-refractivity contribution in [1.29, 1.82) is 0 Å². The van der Waals surface area contributed by atoms with Crippen molar-refractivity contribution in [2.75, 3.05) is 54.1 Å². The van der Waals surface area contributed by atoms with Crippen LogP contribution in [0.4, 0.5) is 0 Å². The van der Waals surface area contributed by atoms with Crippen molar-refractivity contribution in [3.05, 3.63) is 24.3 Å². The number of nitrogens with zero attached hydrogens (tertiary/aromatic N) is 1. The fourth-order valence-corrected chi connectivity index (χ4v) is 5.67. The summed E-state index contributed by atoms with van der Waals surface area (Å²) >= 11 is 0. The van der Waals surface area contributed by atoms with Gasteiger partial charge in [-0.1, -0.05) is 109 Å². The van der Waals surface area contributed by atoms with Gasteiger partial charge in [0.15, 0.2) is 0 Å². The first-order valence-corrected chi connectivity index (χ1v) is 20.5. The third-order valence-electron chi connectivity index (χ3n) is 7.98. The molecule has 0 N–H and O–H groups in total. The molecule has 2 unspecified atom stereocenters. The number of hydrogen-bond donors (Lipinski definition) is 0. The van der Waals surface area contributed by atoms with E-state index in [9.17, 15) is 14.3 Å². The number of hydrogen-bond acceptors (Lipinski definition) is 7. The molecule has 0 saturated heterocycles. The van der Waals surface area contributed by atoms with E-state index in [-0.39, 0.29) is 25.8 Å². The molecule has 0 amide bonds. The number of rotatable bonds is 35.